The maximum absolute atomic E-state index is 5.45. The number of hydrogen-bond donors (Lipinski definition) is 1. The molecule has 1 heterocycles. The van der Waals surface area contributed by atoms with Gasteiger partial charge < -0.3 is 18.7 Å². The average molecular weight is 313 g/mol. The van der Waals surface area contributed by atoms with Crippen LogP contribution >= 0.6 is 23.2 Å². The Kier molecular flexibility index (Phi) is 15.6. The minimum absolute atomic E-state index is 0. The molecule has 0 radical (unpaired) electrons. The van der Waals surface area contributed by atoms with Crippen LogP contribution in [-0.2, 0) is 19.5 Å². The monoisotopic (exact) mass is 310 g/mol. The second kappa shape index (κ2) is 13.4. The molecule has 0 atom stereocenters. The first kappa shape index (κ1) is 18.7. The molecule has 2 nitrogen and oxygen atoms in total. The first-order valence-electron chi connectivity index (χ1n) is 4.76. The Morgan fingerprint density at radius 2 is 1.94 bits per heavy atom. The minimum atomic E-state index is 0. The molecule has 0 amide bonds. The van der Waals surface area contributed by atoms with Gasteiger partial charge in [-0.1, -0.05) is 29.3 Å². The topological polar surface area (TPSA) is 24.9 Å². The van der Waals surface area contributed by atoms with Gasteiger partial charge in [-0.25, -0.2) is 4.98 Å². The second-order valence-electron chi connectivity index (χ2n) is 2.73. The van der Waals surface area contributed by atoms with Crippen molar-refractivity contribution in [3.05, 3.63) is 41.8 Å². The van der Waals surface area contributed by atoms with E-state index in [1.807, 2.05) is 0 Å². The number of pyridine rings is 1. The summed E-state index contributed by atoms with van der Waals surface area (Å²) in [6.07, 6.45) is 3.29. The van der Waals surface area contributed by atoms with Crippen LogP contribution in [0.1, 0.15) is 13.3 Å². The molecular formula is C11H16Cl2N2Zn. The Balaban J connectivity index is 0. The molecule has 0 aromatic carbocycles. The standard InChI is InChI=1S/C6H13N.C5H3Cl2N.Zn/c1-3-5-6-7-4-2;6-4-2-1-3-5(7)8-4;/h3,7H,2,4-6H2,1H3;1-3H;/q-2;;+2. The summed E-state index contributed by atoms with van der Waals surface area (Å²) in [4.78, 5) is 3.70. The Morgan fingerprint density at radius 3 is 2.25 bits per heavy atom. The molecule has 1 aromatic heterocycles. The van der Waals surface area contributed by atoms with E-state index in [2.05, 4.69) is 30.6 Å². The summed E-state index contributed by atoms with van der Waals surface area (Å²) in [5, 5.41) is 3.96. The number of rotatable bonds is 4. The van der Waals surface area contributed by atoms with E-state index < -0.39 is 0 Å². The first-order chi connectivity index (χ1) is 7.20. The zero-order valence-corrected chi connectivity index (χ0v) is 14.0. The van der Waals surface area contributed by atoms with Crippen LogP contribution in [0, 0.1) is 13.3 Å². The SMILES string of the molecule is Clc1cccc(Cl)n1.[CH2-]CNCC[CH-]C.[Zn+2]. The molecule has 0 saturated heterocycles. The summed E-state index contributed by atoms with van der Waals surface area (Å²) in [6.45, 7) is 7.60. The fourth-order valence-corrected chi connectivity index (χ4v) is 1.13. The molecular weight excluding hydrogens is 296 g/mol. The van der Waals surface area contributed by atoms with E-state index in [9.17, 15) is 0 Å². The molecule has 86 valence electrons. The van der Waals surface area contributed by atoms with Gasteiger partial charge >= 0.3 is 19.5 Å². The third-order valence-corrected chi connectivity index (χ3v) is 1.89. The zero-order chi connectivity index (χ0) is 11.5. The molecule has 0 aliphatic rings. The van der Waals surface area contributed by atoms with Gasteiger partial charge in [0.25, 0.3) is 0 Å². The molecule has 1 aromatic rings. The molecule has 0 bridgehead atoms. The van der Waals surface area contributed by atoms with E-state index in [4.69, 9.17) is 23.2 Å². The van der Waals surface area contributed by atoms with Gasteiger partial charge in [0, 0.05) is 0 Å². The molecule has 0 fully saturated rings. The first-order valence-corrected chi connectivity index (χ1v) is 5.52. The number of nitrogens with zero attached hydrogens (tertiary/aromatic N) is 1. The summed E-state index contributed by atoms with van der Waals surface area (Å²) in [5.41, 5.74) is 0. The summed E-state index contributed by atoms with van der Waals surface area (Å²) in [7, 11) is 0. The van der Waals surface area contributed by atoms with Crippen molar-refractivity contribution >= 4 is 23.2 Å². The third-order valence-electron chi connectivity index (χ3n) is 1.47. The van der Waals surface area contributed by atoms with E-state index in [0.29, 0.717) is 10.3 Å². The smallest absolute Gasteiger partial charge is 0.349 e. The Hall–Kier alpha value is 0.313. The van der Waals surface area contributed by atoms with Crippen molar-refractivity contribution in [2.24, 2.45) is 0 Å². The van der Waals surface area contributed by atoms with E-state index >= 15 is 0 Å². The van der Waals surface area contributed by atoms with Crippen molar-refractivity contribution in [1.82, 2.24) is 10.3 Å². The fourth-order valence-electron chi connectivity index (χ4n) is 0.755. The van der Waals surface area contributed by atoms with Gasteiger partial charge in [-0.05, 0) is 18.7 Å². The van der Waals surface area contributed by atoms with Crippen LogP contribution < -0.4 is 5.32 Å². The van der Waals surface area contributed by atoms with Crippen LogP contribution in [0.25, 0.3) is 0 Å². The van der Waals surface area contributed by atoms with Crippen molar-refractivity contribution in [2.75, 3.05) is 13.1 Å². The molecule has 0 spiro atoms. The molecule has 0 saturated carbocycles. The minimum Gasteiger partial charge on any atom is -0.349 e. The maximum Gasteiger partial charge on any atom is 2.00 e. The second-order valence-corrected chi connectivity index (χ2v) is 3.50. The number of nitrogens with one attached hydrogen (secondary N) is 1. The molecule has 16 heavy (non-hydrogen) atoms. The van der Waals surface area contributed by atoms with Crippen molar-refractivity contribution < 1.29 is 19.5 Å². The summed E-state index contributed by atoms with van der Waals surface area (Å²) >= 11 is 10.9. The summed E-state index contributed by atoms with van der Waals surface area (Å²) in [6, 6.07) is 5.10. The Bertz CT molecular complexity index is 238. The van der Waals surface area contributed by atoms with Crippen LogP contribution in [-0.4, -0.2) is 18.1 Å². The van der Waals surface area contributed by atoms with Crippen LogP contribution in [0.15, 0.2) is 18.2 Å². The van der Waals surface area contributed by atoms with E-state index in [1.54, 1.807) is 18.2 Å². The Morgan fingerprint density at radius 1 is 1.38 bits per heavy atom. The van der Waals surface area contributed by atoms with Gasteiger partial charge in [0.2, 0.25) is 0 Å². The number of hydrogen-bond acceptors (Lipinski definition) is 2. The number of aromatic nitrogens is 1. The van der Waals surface area contributed by atoms with Crippen LogP contribution in [0.3, 0.4) is 0 Å². The van der Waals surface area contributed by atoms with Gasteiger partial charge in [0.1, 0.15) is 10.3 Å². The van der Waals surface area contributed by atoms with Crippen LogP contribution in [0.4, 0.5) is 0 Å². The fraction of sp³-hybridized carbons (Fsp3) is 0.364. The Labute approximate surface area is 121 Å². The number of halogens is 2. The molecule has 0 aliphatic carbocycles. The van der Waals surface area contributed by atoms with E-state index in [1.165, 1.54) is 0 Å². The van der Waals surface area contributed by atoms with Crippen molar-refractivity contribution in [3.63, 3.8) is 0 Å². The molecule has 5 heteroatoms. The summed E-state index contributed by atoms with van der Waals surface area (Å²) < 4.78 is 0. The summed E-state index contributed by atoms with van der Waals surface area (Å²) in [5.74, 6) is 0. The van der Waals surface area contributed by atoms with Crippen LogP contribution in [0.5, 0.6) is 0 Å². The van der Waals surface area contributed by atoms with Gasteiger partial charge in [-0.2, -0.15) is 13.3 Å². The average Bonchev–Trinajstić information content (AvgIpc) is 2.19. The van der Waals surface area contributed by atoms with E-state index in [-0.39, 0.29) is 19.5 Å². The maximum atomic E-state index is 5.45. The molecule has 1 rings (SSSR count). The van der Waals surface area contributed by atoms with Crippen molar-refractivity contribution in [2.45, 2.75) is 13.3 Å². The zero-order valence-electron chi connectivity index (χ0n) is 9.55. The van der Waals surface area contributed by atoms with Crippen molar-refractivity contribution in [1.29, 1.82) is 0 Å². The van der Waals surface area contributed by atoms with Gasteiger partial charge in [-0.3, -0.25) is 0 Å². The molecule has 0 aliphatic heterocycles. The van der Waals surface area contributed by atoms with Gasteiger partial charge in [0.15, 0.2) is 0 Å². The largest absolute Gasteiger partial charge is 2.00 e. The van der Waals surface area contributed by atoms with Gasteiger partial charge in [-0.15, -0.1) is 6.54 Å². The quantitative estimate of drug-likeness (QED) is 0.399. The van der Waals surface area contributed by atoms with Gasteiger partial charge in [0.05, 0.1) is 0 Å². The third kappa shape index (κ3) is 12.4. The molecule has 1 N–H and O–H groups in total. The molecule has 0 unspecified atom stereocenters. The predicted molar refractivity (Wildman–Crippen MR) is 67.1 cm³/mol. The predicted octanol–water partition coefficient (Wildman–Crippen LogP) is 3.41. The van der Waals surface area contributed by atoms with Crippen molar-refractivity contribution in [3.8, 4) is 0 Å². The number of unbranched alkanes of at least 4 members (excludes halogenated alkanes) is 1. The van der Waals surface area contributed by atoms with Crippen LogP contribution in [0.2, 0.25) is 10.3 Å². The normalized spacial score (nSPS) is 8.75. The van der Waals surface area contributed by atoms with E-state index in [0.717, 1.165) is 19.5 Å².